The van der Waals surface area contributed by atoms with Gasteiger partial charge < -0.3 is 5.11 Å². The van der Waals surface area contributed by atoms with Gasteiger partial charge in [0.15, 0.2) is 0 Å². The highest BCUT2D eigenvalue weighted by atomic mass is 19.4. The molecule has 0 radical (unpaired) electrons. The number of halogens is 13. The van der Waals surface area contributed by atoms with Crippen LogP contribution < -0.4 is 0 Å². The van der Waals surface area contributed by atoms with Crippen LogP contribution in [-0.2, 0) is 0 Å². The molecule has 0 fully saturated rings. The molecule has 134 valence electrons. The minimum Gasteiger partial charge on any atom is -0.387 e. The topological polar surface area (TPSA) is 20.2 Å². The van der Waals surface area contributed by atoms with Crippen molar-refractivity contribution >= 4 is 0 Å². The lowest BCUT2D eigenvalue weighted by atomic mass is 9.92. The van der Waals surface area contributed by atoms with Crippen LogP contribution in [0.5, 0.6) is 0 Å². The van der Waals surface area contributed by atoms with Gasteiger partial charge >= 0.3 is 35.8 Å². The predicted octanol–water partition coefficient (Wildman–Crippen LogP) is 4.11. The van der Waals surface area contributed by atoms with Gasteiger partial charge in [0.1, 0.15) is 6.10 Å². The van der Waals surface area contributed by atoms with Crippen LogP contribution in [0.25, 0.3) is 0 Å². The Labute approximate surface area is 112 Å². The maximum absolute atomic E-state index is 12.8. The molecular weight excluding hydrogens is 359 g/mol. The Morgan fingerprint density at radius 2 is 0.818 bits per heavy atom. The molecule has 0 aliphatic carbocycles. The van der Waals surface area contributed by atoms with Gasteiger partial charge in [-0.05, 0) is 6.92 Å². The van der Waals surface area contributed by atoms with Crippen molar-refractivity contribution in [2.24, 2.45) is 0 Å². The van der Waals surface area contributed by atoms with E-state index < -0.39 is 41.9 Å². The number of alkyl halides is 13. The van der Waals surface area contributed by atoms with Crippen molar-refractivity contribution in [3.8, 4) is 0 Å². The van der Waals surface area contributed by atoms with Crippen LogP contribution in [-0.4, -0.2) is 47.0 Å². The van der Waals surface area contributed by atoms with Gasteiger partial charge in [-0.25, -0.2) is 0 Å². The zero-order chi connectivity index (χ0) is 18.6. The van der Waals surface area contributed by atoms with Gasteiger partial charge in [-0.3, -0.25) is 0 Å². The zero-order valence-electron chi connectivity index (χ0n) is 9.94. The molecule has 0 bridgehead atoms. The number of hydrogen-bond donors (Lipinski definition) is 1. The first-order chi connectivity index (χ1) is 9.19. The summed E-state index contributed by atoms with van der Waals surface area (Å²) in [6, 6.07) is 0. The molecule has 0 aromatic rings. The molecule has 0 spiro atoms. The summed E-state index contributed by atoms with van der Waals surface area (Å²) >= 11 is 0. The maximum Gasteiger partial charge on any atom is 0.460 e. The van der Waals surface area contributed by atoms with Crippen LogP contribution >= 0.6 is 0 Å². The first-order valence-electron chi connectivity index (χ1n) is 4.83. The van der Waals surface area contributed by atoms with E-state index in [1.165, 1.54) is 0 Å². The molecular formula is C8H5F13O. The minimum atomic E-state index is -7.93. The SMILES string of the molecule is C[C@H](O)C(F)(F)C(F)(F)C(F)(F)C(F)(F)C(F)(F)C(F)(F)F. The van der Waals surface area contributed by atoms with Crippen LogP contribution in [0, 0.1) is 0 Å². The molecule has 1 nitrogen and oxygen atoms in total. The van der Waals surface area contributed by atoms with E-state index in [4.69, 9.17) is 5.11 Å². The highest BCUT2D eigenvalue weighted by Crippen LogP contribution is 2.60. The fourth-order valence-electron chi connectivity index (χ4n) is 1.04. The zero-order valence-corrected chi connectivity index (χ0v) is 9.94. The Balaban J connectivity index is 6.24. The van der Waals surface area contributed by atoms with Crippen molar-refractivity contribution in [2.45, 2.75) is 48.8 Å². The molecule has 0 aliphatic heterocycles. The smallest absolute Gasteiger partial charge is 0.387 e. The Kier molecular flexibility index (Phi) is 4.81. The Hall–Kier alpha value is -0.950. The molecule has 0 aromatic heterocycles. The van der Waals surface area contributed by atoms with Crippen molar-refractivity contribution in [1.29, 1.82) is 0 Å². The molecule has 0 heterocycles. The second-order valence-electron chi connectivity index (χ2n) is 4.09. The second kappa shape index (κ2) is 5.03. The number of aliphatic hydroxyl groups excluding tert-OH is 1. The first kappa shape index (κ1) is 21.0. The van der Waals surface area contributed by atoms with E-state index in [1.54, 1.807) is 0 Å². The summed E-state index contributed by atoms with van der Waals surface area (Å²) in [6.07, 6.45) is -11.2. The molecule has 1 atom stereocenters. The summed E-state index contributed by atoms with van der Waals surface area (Å²) in [6.45, 7) is -0.288. The van der Waals surface area contributed by atoms with Gasteiger partial charge in [0.05, 0.1) is 0 Å². The van der Waals surface area contributed by atoms with Gasteiger partial charge in [0.2, 0.25) is 0 Å². The summed E-state index contributed by atoms with van der Waals surface area (Å²) in [7, 11) is 0. The van der Waals surface area contributed by atoms with Crippen molar-refractivity contribution in [3.63, 3.8) is 0 Å². The third kappa shape index (κ3) is 2.48. The molecule has 0 aliphatic rings. The normalized spacial score (nSPS) is 17.6. The lowest BCUT2D eigenvalue weighted by Crippen LogP contribution is -2.71. The van der Waals surface area contributed by atoms with Crippen molar-refractivity contribution in [2.75, 3.05) is 0 Å². The molecule has 0 rings (SSSR count). The molecule has 14 heteroatoms. The highest BCUT2D eigenvalue weighted by molar-refractivity contribution is 5.11. The monoisotopic (exact) mass is 364 g/mol. The summed E-state index contributed by atoms with van der Waals surface area (Å²) in [4.78, 5) is 0. The number of hydrogen-bond acceptors (Lipinski definition) is 1. The number of rotatable bonds is 5. The maximum atomic E-state index is 12.8. The van der Waals surface area contributed by atoms with E-state index in [0.717, 1.165) is 0 Å². The molecule has 0 amide bonds. The highest BCUT2D eigenvalue weighted by Gasteiger charge is 2.91. The first-order valence-corrected chi connectivity index (χ1v) is 4.83. The van der Waals surface area contributed by atoms with E-state index in [0.29, 0.717) is 0 Å². The van der Waals surface area contributed by atoms with Crippen molar-refractivity contribution in [3.05, 3.63) is 0 Å². The summed E-state index contributed by atoms with van der Waals surface area (Å²) in [5.74, 6) is -37.4. The molecule has 0 saturated heterocycles. The van der Waals surface area contributed by atoms with Crippen LogP contribution in [0.4, 0.5) is 57.1 Å². The second-order valence-corrected chi connectivity index (χ2v) is 4.09. The molecule has 0 unspecified atom stereocenters. The van der Waals surface area contributed by atoms with Crippen LogP contribution in [0.3, 0.4) is 0 Å². The lowest BCUT2D eigenvalue weighted by Gasteiger charge is -2.40. The fraction of sp³-hybridized carbons (Fsp3) is 1.00. The quantitative estimate of drug-likeness (QED) is 0.729. The summed E-state index contributed by atoms with van der Waals surface area (Å²) < 4.78 is 162. The van der Waals surface area contributed by atoms with E-state index in [9.17, 15) is 57.1 Å². The van der Waals surface area contributed by atoms with Gasteiger partial charge in [-0.1, -0.05) is 0 Å². The Bertz CT molecular complexity index is 407. The van der Waals surface area contributed by atoms with Crippen LogP contribution in [0.1, 0.15) is 6.92 Å². The van der Waals surface area contributed by atoms with E-state index in [1.807, 2.05) is 0 Å². The Morgan fingerprint density at radius 3 is 1.05 bits per heavy atom. The average Bonchev–Trinajstić information content (AvgIpc) is 2.25. The Morgan fingerprint density at radius 1 is 0.545 bits per heavy atom. The molecule has 0 aromatic carbocycles. The minimum absolute atomic E-state index is 0.288. The summed E-state index contributed by atoms with van der Waals surface area (Å²) in [5, 5.41) is 8.19. The van der Waals surface area contributed by atoms with Crippen molar-refractivity contribution in [1.82, 2.24) is 0 Å². The van der Waals surface area contributed by atoms with Gasteiger partial charge in [0.25, 0.3) is 0 Å². The van der Waals surface area contributed by atoms with E-state index in [2.05, 4.69) is 0 Å². The van der Waals surface area contributed by atoms with E-state index >= 15 is 0 Å². The number of aliphatic hydroxyl groups is 1. The van der Waals surface area contributed by atoms with Gasteiger partial charge in [-0.2, -0.15) is 57.1 Å². The molecule has 0 saturated carbocycles. The van der Waals surface area contributed by atoms with Crippen LogP contribution in [0.15, 0.2) is 0 Å². The standard InChI is InChI=1S/C8H5F13O/c1-2(22)3(9,10)4(11,12)5(13,14)6(15,16)7(17,18)8(19,20)21/h2,22H,1H3/t2-/m0/s1. The van der Waals surface area contributed by atoms with Crippen LogP contribution in [0.2, 0.25) is 0 Å². The average molecular weight is 364 g/mol. The van der Waals surface area contributed by atoms with Crippen molar-refractivity contribution < 1.29 is 62.2 Å². The van der Waals surface area contributed by atoms with Gasteiger partial charge in [0, 0.05) is 0 Å². The lowest BCUT2D eigenvalue weighted by molar-refractivity contribution is -0.443. The third-order valence-corrected chi connectivity index (χ3v) is 2.48. The fourth-order valence-corrected chi connectivity index (χ4v) is 1.04. The summed E-state index contributed by atoms with van der Waals surface area (Å²) in [5.41, 5.74) is 0. The van der Waals surface area contributed by atoms with E-state index in [-0.39, 0.29) is 6.92 Å². The molecule has 22 heavy (non-hydrogen) atoms. The predicted molar refractivity (Wildman–Crippen MR) is 42.5 cm³/mol. The largest absolute Gasteiger partial charge is 0.460 e. The molecule has 1 N–H and O–H groups in total. The van der Waals surface area contributed by atoms with Gasteiger partial charge in [-0.15, -0.1) is 0 Å². The third-order valence-electron chi connectivity index (χ3n) is 2.48.